The quantitative estimate of drug-likeness (QED) is 0.763. The molecule has 1 aliphatic rings. The molecule has 0 aliphatic heterocycles. The average Bonchev–Trinajstić information content (AvgIpc) is 3.12. The van der Waals surface area contributed by atoms with Gasteiger partial charge in [-0.15, -0.1) is 0 Å². The maximum atomic E-state index is 12.6. The molecule has 114 valence electrons. The molecule has 0 unspecified atom stereocenters. The summed E-state index contributed by atoms with van der Waals surface area (Å²) in [6, 6.07) is 7.94. The van der Waals surface area contributed by atoms with Gasteiger partial charge >= 0.3 is 0 Å². The van der Waals surface area contributed by atoms with E-state index in [1.807, 2.05) is 18.2 Å². The van der Waals surface area contributed by atoms with Crippen molar-refractivity contribution in [2.24, 2.45) is 5.92 Å². The third-order valence-electron chi connectivity index (χ3n) is 4.04. The molecular formula is C17H18IN3O. The number of aromatic nitrogens is 2. The van der Waals surface area contributed by atoms with Crippen molar-refractivity contribution in [3.8, 4) is 0 Å². The van der Waals surface area contributed by atoms with E-state index < -0.39 is 0 Å². The normalized spacial score (nSPS) is 17.8. The zero-order valence-electron chi connectivity index (χ0n) is 12.4. The number of carbonyl (C=O) groups excluding carboxylic acids is 1. The molecule has 0 spiro atoms. The molecule has 2 heterocycles. The Morgan fingerprint density at radius 3 is 3.00 bits per heavy atom. The minimum Gasteiger partial charge on any atom is -0.350 e. The van der Waals surface area contributed by atoms with Gasteiger partial charge in [0.05, 0.1) is 3.70 Å². The molecular weight excluding hydrogens is 389 g/mol. The van der Waals surface area contributed by atoms with Crippen molar-refractivity contribution in [3.63, 3.8) is 0 Å². The number of carbonyl (C=O) groups is 1. The van der Waals surface area contributed by atoms with Gasteiger partial charge in [0.1, 0.15) is 0 Å². The zero-order valence-corrected chi connectivity index (χ0v) is 14.6. The fourth-order valence-electron chi connectivity index (χ4n) is 2.90. The fourth-order valence-corrected chi connectivity index (χ4v) is 3.37. The van der Waals surface area contributed by atoms with E-state index in [0.717, 1.165) is 38.9 Å². The number of allylic oxidation sites excluding steroid dienone is 1. The summed E-state index contributed by atoms with van der Waals surface area (Å²) in [6.07, 6.45) is 5.49. The van der Waals surface area contributed by atoms with Crippen molar-refractivity contribution in [1.82, 2.24) is 15.3 Å². The summed E-state index contributed by atoms with van der Waals surface area (Å²) in [7, 11) is 0. The third kappa shape index (κ3) is 3.24. The Morgan fingerprint density at radius 2 is 2.32 bits per heavy atom. The topological polar surface area (TPSA) is 57.8 Å². The number of rotatable bonds is 4. The van der Waals surface area contributed by atoms with Crippen LogP contribution in [0.1, 0.15) is 31.0 Å². The zero-order chi connectivity index (χ0) is 15.5. The van der Waals surface area contributed by atoms with Crippen molar-refractivity contribution >= 4 is 34.1 Å². The van der Waals surface area contributed by atoms with E-state index >= 15 is 0 Å². The van der Waals surface area contributed by atoms with Crippen LogP contribution in [-0.4, -0.2) is 15.9 Å². The molecule has 2 N–H and O–H groups in total. The van der Waals surface area contributed by atoms with Gasteiger partial charge in [0.2, 0.25) is 5.91 Å². The van der Waals surface area contributed by atoms with E-state index in [2.05, 4.69) is 50.9 Å². The lowest BCUT2D eigenvalue weighted by Gasteiger charge is -2.12. The highest BCUT2D eigenvalue weighted by Crippen LogP contribution is 2.37. The first-order valence-electron chi connectivity index (χ1n) is 7.40. The van der Waals surface area contributed by atoms with E-state index in [1.54, 1.807) is 12.4 Å². The summed E-state index contributed by atoms with van der Waals surface area (Å²) in [5.74, 6) is 0.332. The number of halogens is 1. The van der Waals surface area contributed by atoms with Crippen molar-refractivity contribution < 1.29 is 4.79 Å². The van der Waals surface area contributed by atoms with E-state index in [4.69, 9.17) is 0 Å². The Morgan fingerprint density at radius 1 is 1.45 bits per heavy atom. The number of aromatic amines is 1. The number of hydrogen-bond acceptors (Lipinski definition) is 2. The lowest BCUT2D eigenvalue weighted by Crippen LogP contribution is -2.26. The Kier molecular flexibility index (Phi) is 4.61. The summed E-state index contributed by atoms with van der Waals surface area (Å²) in [4.78, 5) is 20.0. The molecule has 2 aromatic heterocycles. The lowest BCUT2D eigenvalue weighted by molar-refractivity contribution is -0.118. The highest BCUT2D eigenvalue weighted by atomic mass is 127. The van der Waals surface area contributed by atoms with Gasteiger partial charge < -0.3 is 10.3 Å². The lowest BCUT2D eigenvalue weighted by atomic mass is 10.0. The second-order valence-electron chi connectivity index (χ2n) is 5.60. The summed E-state index contributed by atoms with van der Waals surface area (Å²) < 4.78 is 1.09. The molecule has 0 saturated heterocycles. The number of H-pyrrole nitrogens is 1. The van der Waals surface area contributed by atoms with Crippen LogP contribution >= 0.6 is 22.6 Å². The molecule has 1 aliphatic carbocycles. The first-order chi connectivity index (χ1) is 10.6. The van der Waals surface area contributed by atoms with Crippen LogP contribution in [0.4, 0.5) is 0 Å². The van der Waals surface area contributed by atoms with Gasteiger partial charge in [0.25, 0.3) is 0 Å². The molecule has 3 rings (SSSR count). The molecule has 5 heteroatoms. The third-order valence-corrected chi connectivity index (χ3v) is 4.67. The maximum absolute atomic E-state index is 12.6. The monoisotopic (exact) mass is 407 g/mol. The predicted molar refractivity (Wildman–Crippen MR) is 94.9 cm³/mol. The summed E-state index contributed by atoms with van der Waals surface area (Å²) in [5, 5.41) is 3.03. The molecule has 0 radical (unpaired) electrons. The fraction of sp³-hybridized carbons (Fsp3) is 0.294. The van der Waals surface area contributed by atoms with Gasteiger partial charge in [0.15, 0.2) is 0 Å². The highest BCUT2D eigenvalue weighted by Gasteiger charge is 2.28. The maximum Gasteiger partial charge on any atom is 0.248 e. The largest absolute Gasteiger partial charge is 0.350 e. The minimum atomic E-state index is 0.0356. The summed E-state index contributed by atoms with van der Waals surface area (Å²) in [6.45, 7) is 2.64. The smallest absolute Gasteiger partial charge is 0.248 e. The van der Waals surface area contributed by atoms with E-state index in [0.29, 0.717) is 12.5 Å². The molecule has 0 aromatic carbocycles. The van der Waals surface area contributed by atoms with Crippen molar-refractivity contribution in [1.29, 1.82) is 0 Å². The van der Waals surface area contributed by atoms with E-state index in [9.17, 15) is 4.79 Å². The van der Waals surface area contributed by atoms with Gasteiger partial charge in [-0.05, 0) is 70.7 Å². The number of pyridine rings is 1. The molecule has 0 saturated carbocycles. The number of hydrogen-bond donors (Lipinski definition) is 2. The Labute approximate surface area is 143 Å². The first kappa shape index (κ1) is 15.3. The number of nitrogens with zero attached hydrogens (tertiary/aromatic N) is 1. The van der Waals surface area contributed by atoms with Crippen LogP contribution in [0.3, 0.4) is 0 Å². The van der Waals surface area contributed by atoms with Crippen LogP contribution < -0.4 is 5.32 Å². The van der Waals surface area contributed by atoms with Gasteiger partial charge in [-0.25, -0.2) is 0 Å². The van der Waals surface area contributed by atoms with E-state index in [-0.39, 0.29) is 5.91 Å². The second-order valence-corrected chi connectivity index (χ2v) is 6.76. The van der Waals surface area contributed by atoms with Crippen molar-refractivity contribution in [2.45, 2.75) is 26.3 Å². The number of amides is 1. The molecule has 4 nitrogen and oxygen atoms in total. The van der Waals surface area contributed by atoms with Crippen LogP contribution in [0.25, 0.3) is 5.57 Å². The van der Waals surface area contributed by atoms with Crippen molar-refractivity contribution in [3.05, 3.63) is 57.2 Å². The number of nitrogens with one attached hydrogen (secondary N) is 2. The molecule has 22 heavy (non-hydrogen) atoms. The van der Waals surface area contributed by atoms with Gasteiger partial charge in [-0.2, -0.15) is 0 Å². The molecule has 1 amide bonds. The van der Waals surface area contributed by atoms with Crippen LogP contribution in [0.2, 0.25) is 0 Å². The molecule has 0 fully saturated rings. The Balaban J connectivity index is 1.79. The minimum absolute atomic E-state index is 0.0356. The highest BCUT2D eigenvalue weighted by molar-refractivity contribution is 14.1. The summed E-state index contributed by atoms with van der Waals surface area (Å²) >= 11 is 2.26. The van der Waals surface area contributed by atoms with Crippen LogP contribution in [-0.2, 0) is 11.3 Å². The van der Waals surface area contributed by atoms with Crippen LogP contribution in [0.15, 0.2) is 42.2 Å². The molecule has 0 bridgehead atoms. The second kappa shape index (κ2) is 6.64. The molecule has 2 aromatic rings. The Hall–Kier alpha value is -1.63. The first-order valence-corrected chi connectivity index (χ1v) is 8.48. The SMILES string of the molecule is C[C@@H]1CCC(c2ccc(I)[nH]2)=C1C(=O)NCc1cccnc1. The standard InChI is InChI=1S/C17H18IN3O/c1-11-4-5-13(14-6-7-15(18)21-14)16(11)17(22)20-10-12-3-2-8-19-9-12/h2-3,6-9,11,21H,4-5,10H2,1H3,(H,20,22)/t11-/m1/s1. The van der Waals surface area contributed by atoms with Crippen LogP contribution in [0, 0.1) is 9.62 Å². The van der Waals surface area contributed by atoms with Gasteiger partial charge in [-0.3, -0.25) is 9.78 Å². The average molecular weight is 407 g/mol. The predicted octanol–water partition coefficient (Wildman–Crippen LogP) is 3.51. The molecule has 1 atom stereocenters. The van der Waals surface area contributed by atoms with Gasteiger partial charge in [-0.1, -0.05) is 13.0 Å². The summed E-state index contributed by atoms with van der Waals surface area (Å²) in [5.41, 5.74) is 4.15. The van der Waals surface area contributed by atoms with Crippen molar-refractivity contribution in [2.75, 3.05) is 0 Å². The van der Waals surface area contributed by atoms with E-state index in [1.165, 1.54) is 0 Å². The van der Waals surface area contributed by atoms with Crippen LogP contribution in [0.5, 0.6) is 0 Å². The van der Waals surface area contributed by atoms with Gasteiger partial charge in [0, 0.05) is 30.2 Å². The Bertz CT molecular complexity index is 706.